The summed E-state index contributed by atoms with van der Waals surface area (Å²) in [5.41, 5.74) is 3.23. The fraction of sp³-hybridized carbons (Fsp3) is 0.522. The van der Waals surface area contributed by atoms with E-state index in [0.29, 0.717) is 5.75 Å². The number of phenols is 1. The van der Waals surface area contributed by atoms with Gasteiger partial charge in [-0.3, -0.25) is 0 Å². The minimum atomic E-state index is -0.556. The van der Waals surface area contributed by atoms with E-state index in [9.17, 15) is 5.11 Å². The van der Waals surface area contributed by atoms with Crippen LogP contribution in [0, 0.1) is 29.6 Å². The van der Waals surface area contributed by atoms with Gasteiger partial charge in [-0.25, -0.2) is 0 Å². The number of aromatic hydroxyl groups is 1. The SMILES string of the molecule is C[C]1[C](C)[C](C)[C](c2cc(C(C)(C)C)cc(C(C)(C)C)c2O)[C]1C.[Cl][Ti][Cl]. The fourth-order valence-electron chi connectivity index (χ4n) is 3.45. The molecule has 27 heavy (non-hydrogen) atoms. The first-order valence-electron chi connectivity index (χ1n) is 9.26. The van der Waals surface area contributed by atoms with Gasteiger partial charge in [0.05, 0.1) is 0 Å². The molecule has 1 aliphatic rings. The van der Waals surface area contributed by atoms with Gasteiger partial charge in [0.15, 0.2) is 0 Å². The Morgan fingerprint density at radius 3 is 1.48 bits per heavy atom. The van der Waals surface area contributed by atoms with Crippen LogP contribution in [0.25, 0.3) is 0 Å². The first-order valence-corrected chi connectivity index (χ1v) is 13.6. The Morgan fingerprint density at radius 2 is 1.15 bits per heavy atom. The Balaban J connectivity index is 0.00000114. The molecular weight excluding hydrogens is 411 g/mol. The van der Waals surface area contributed by atoms with Crippen LogP contribution in [-0.4, -0.2) is 5.11 Å². The molecule has 5 radical (unpaired) electrons. The summed E-state index contributed by atoms with van der Waals surface area (Å²) in [6.45, 7) is 21.9. The van der Waals surface area contributed by atoms with E-state index >= 15 is 0 Å². The van der Waals surface area contributed by atoms with Crippen molar-refractivity contribution in [1.29, 1.82) is 0 Å². The van der Waals surface area contributed by atoms with E-state index in [1.807, 2.05) is 0 Å². The molecular formula is C23H33Cl2OTi. The maximum atomic E-state index is 11.1. The van der Waals surface area contributed by atoms with Crippen LogP contribution in [0.15, 0.2) is 12.1 Å². The van der Waals surface area contributed by atoms with Crippen molar-refractivity contribution in [3.05, 3.63) is 58.4 Å². The molecule has 1 saturated carbocycles. The predicted octanol–water partition coefficient (Wildman–Crippen LogP) is 7.68. The van der Waals surface area contributed by atoms with Crippen LogP contribution < -0.4 is 0 Å². The third-order valence-electron chi connectivity index (χ3n) is 5.49. The Hall–Kier alpha value is 0.314. The predicted molar refractivity (Wildman–Crippen MR) is 115 cm³/mol. The van der Waals surface area contributed by atoms with Gasteiger partial charge < -0.3 is 5.11 Å². The first-order chi connectivity index (χ1) is 12.2. The monoisotopic (exact) mass is 443 g/mol. The fourth-order valence-corrected chi connectivity index (χ4v) is 3.45. The standard InChI is InChI=1S/C23H33O.2ClH.Ti/c1-13-14(2)16(4)20(15(13)3)18-11-17(22(5,6)7)12-19(21(18)24)23(8,9)10;;;/h11-12,24H,1-10H3;2*1H;/q;;;+2/p-2. The van der Waals surface area contributed by atoms with Crippen molar-refractivity contribution in [2.75, 3.05) is 0 Å². The number of phenolic OH excluding ortho intramolecular Hbond substituents is 1. The van der Waals surface area contributed by atoms with Crippen molar-refractivity contribution in [3.8, 4) is 5.75 Å². The van der Waals surface area contributed by atoms with Crippen molar-refractivity contribution in [2.45, 2.75) is 80.1 Å². The van der Waals surface area contributed by atoms with Crippen molar-refractivity contribution < 1.29 is 22.1 Å². The molecule has 0 heterocycles. The second-order valence-electron chi connectivity index (χ2n) is 9.37. The van der Waals surface area contributed by atoms with Crippen LogP contribution in [0.4, 0.5) is 0 Å². The van der Waals surface area contributed by atoms with Gasteiger partial charge >= 0.3 is 35.6 Å². The van der Waals surface area contributed by atoms with E-state index in [-0.39, 0.29) is 10.8 Å². The topological polar surface area (TPSA) is 20.2 Å². The molecule has 1 nitrogen and oxygen atoms in total. The molecule has 1 aromatic rings. The summed E-state index contributed by atoms with van der Waals surface area (Å²) in [6, 6.07) is 4.38. The first kappa shape index (κ1) is 25.4. The summed E-state index contributed by atoms with van der Waals surface area (Å²) in [5.74, 6) is 6.88. The molecule has 0 atom stereocenters. The van der Waals surface area contributed by atoms with Gasteiger partial charge in [-0.1, -0.05) is 81.4 Å². The minimum absolute atomic E-state index is 0.0426. The van der Waals surface area contributed by atoms with E-state index in [0.717, 1.165) is 11.1 Å². The summed E-state index contributed by atoms with van der Waals surface area (Å²) in [4.78, 5) is 0. The molecule has 149 valence electrons. The van der Waals surface area contributed by atoms with Crippen LogP contribution >= 0.6 is 18.6 Å². The second kappa shape index (κ2) is 9.42. The average molecular weight is 444 g/mol. The van der Waals surface area contributed by atoms with Crippen molar-refractivity contribution in [3.63, 3.8) is 0 Å². The van der Waals surface area contributed by atoms with E-state index in [2.05, 4.69) is 81.4 Å². The van der Waals surface area contributed by atoms with Gasteiger partial charge in [0.2, 0.25) is 0 Å². The Bertz CT molecular complexity index is 616. The summed E-state index contributed by atoms with van der Waals surface area (Å²) >= 11 is -0.556. The molecule has 4 heteroatoms. The molecule has 1 aromatic carbocycles. The molecule has 0 spiro atoms. The van der Waals surface area contributed by atoms with Gasteiger partial charge in [-0.2, -0.15) is 0 Å². The van der Waals surface area contributed by atoms with Crippen molar-refractivity contribution in [2.24, 2.45) is 0 Å². The summed E-state index contributed by atoms with van der Waals surface area (Å²) in [5, 5.41) is 11.1. The number of hydrogen-bond acceptors (Lipinski definition) is 1. The summed E-state index contributed by atoms with van der Waals surface area (Å²) in [6.07, 6.45) is 0. The van der Waals surface area contributed by atoms with Gasteiger partial charge in [0.1, 0.15) is 5.75 Å². The second-order valence-corrected chi connectivity index (χ2v) is 11.9. The quantitative estimate of drug-likeness (QED) is 0.441. The number of halogens is 2. The molecule has 0 amide bonds. The van der Waals surface area contributed by atoms with E-state index in [1.165, 1.54) is 35.2 Å². The summed E-state index contributed by atoms with van der Waals surface area (Å²) < 4.78 is 0. The molecule has 1 N–H and O–H groups in total. The number of hydrogen-bond donors (Lipinski definition) is 1. The molecule has 1 fully saturated rings. The molecule has 0 bridgehead atoms. The third-order valence-corrected chi connectivity index (χ3v) is 5.49. The summed E-state index contributed by atoms with van der Waals surface area (Å²) in [7, 11) is 9.78. The van der Waals surface area contributed by atoms with E-state index in [4.69, 9.17) is 18.6 Å². The van der Waals surface area contributed by atoms with Crippen LogP contribution in [0.1, 0.15) is 85.9 Å². The molecule has 1 aliphatic carbocycles. The third kappa shape index (κ3) is 5.68. The van der Waals surface area contributed by atoms with Gasteiger partial charge in [0, 0.05) is 11.5 Å². The Kier molecular flexibility index (Phi) is 8.84. The molecule has 0 unspecified atom stereocenters. The van der Waals surface area contributed by atoms with Crippen LogP contribution in [0.3, 0.4) is 0 Å². The normalized spacial score (nSPS) is 18.5. The number of benzene rings is 1. The van der Waals surface area contributed by atoms with Crippen molar-refractivity contribution >= 4 is 18.6 Å². The Morgan fingerprint density at radius 1 is 0.741 bits per heavy atom. The van der Waals surface area contributed by atoms with Gasteiger partial charge in [-0.05, 0) is 45.6 Å². The molecule has 0 aliphatic heterocycles. The zero-order valence-corrected chi connectivity index (χ0v) is 21.4. The van der Waals surface area contributed by atoms with Crippen LogP contribution in [0.2, 0.25) is 0 Å². The molecule has 0 aromatic heterocycles. The molecule has 0 saturated heterocycles. The molecule has 2 rings (SSSR count). The Labute approximate surface area is 184 Å². The zero-order valence-electron chi connectivity index (χ0n) is 18.4. The van der Waals surface area contributed by atoms with E-state index < -0.39 is 17.0 Å². The van der Waals surface area contributed by atoms with Crippen LogP contribution in [-0.2, 0) is 27.9 Å². The maximum absolute atomic E-state index is 11.1. The van der Waals surface area contributed by atoms with Crippen molar-refractivity contribution in [1.82, 2.24) is 0 Å². The van der Waals surface area contributed by atoms with E-state index in [1.54, 1.807) is 0 Å². The van der Waals surface area contributed by atoms with Gasteiger partial charge in [0.25, 0.3) is 0 Å². The average Bonchev–Trinajstić information content (AvgIpc) is 2.70. The number of rotatable bonds is 1. The zero-order chi connectivity index (χ0) is 21.3. The van der Waals surface area contributed by atoms with Crippen LogP contribution in [0.5, 0.6) is 5.75 Å². The van der Waals surface area contributed by atoms with Gasteiger partial charge in [-0.15, -0.1) is 0 Å².